The SMILES string of the molecule is COc1ccc(NC(=O)NCCCc2ccc(N(C)C)cc2)cc1OC(F)F. The Balaban J connectivity index is 1.79. The Morgan fingerprint density at radius 2 is 1.82 bits per heavy atom. The van der Waals surface area contributed by atoms with Crippen molar-refractivity contribution >= 4 is 17.4 Å². The molecule has 0 bridgehead atoms. The normalized spacial score (nSPS) is 10.5. The molecule has 2 aromatic carbocycles. The number of halogens is 2. The minimum atomic E-state index is -2.98. The predicted octanol–water partition coefficient (Wildman–Crippen LogP) is 4.12. The third-order valence-electron chi connectivity index (χ3n) is 4.02. The fraction of sp³-hybridized carbons (Fsp3) is 0.350. The first-order valence-electron chi connectivity index (χ1n) is 8.83. The van der Waals surface area contributed by atoms with E-state index in [-0.39, 0.29) is 11.5 Å². The summed E-state index contributed by atoms with van der Waals surface area (Å²) in [6.07, 6.45) is 1.61. The van der Waals surface area contributed by atoms with E-state index in [9.17, 15) is 13.6 Å². The number of amides is 2. The van der Waals surface area contributed by atoms with E-state index in [1.165, 1.54) is 24.8 Å². The first-order valence-corrected chi connectivity index (χ1v) is 8.83. The maximum absolute atomic E-state index is 12.5. The Kier molecular flexibility index (Phi) is 7.86. The van der Waals surface area contributed by atoms with Gasteiger partial charge in [0.25, 0.3) is 0 Å². The molecule has 0 radical (unpaired) electrons. The number of nitrogens with one attached hydrogen (secondary N) is 2. The molecule has 2 amide bonds. The van der Waals surface area contributed by atoms with Crippen molar-refractivity contribution in [1.29, 1.82) is 0 Å². The first kappa shape index (κ1) is 21.3. The molecule has 2 rings (SSSR count). The average molecular weight is 393 g/mol. The topological polar surface area (TPSA) is 62.8 Å². The van der Waals surface area contributed by atoms with Crippen LogP contribution in [-0.2, 0) is 6.42 Å². The van der Waals surface area contributed by atoms with Crippen LogP contribution in [-0.4, -0.2) is 40.4 Å². The molecule has 6 nitrogen and oxygen atoms in total. The summed E-state index contributed by atoms with van der Waals surface area (Å²) < 4.78 is 34.3. The van der Waals surface area contributed by atoms with Crippen LogP contribution in [0.5, 0.6) is 11.5 Å². The maximum Gasteiger partial charge on any atom is 0.387 e. The Hall–Kier alpha value is -3.03. The summed E-state index contributed by atoms with van der Waals surface area (Å²) in [6.45, 7) is -2.50. The standard InChI is InChI=1S/C20H25F2N3O3/c1-25(2)16-9-6-14(7-10-16)5-4-12-23-20(26)24-15-8-11-17(27-3)18(13-15)28-19(21)22/h6-11,13,19H,4-5,12H2,1-3H3,(H2,23,24,26). The number of benzene rings is 2. The van der Waals surface area contributed by atoms with Gasteiger partial charge in [0, 0.05) is 38.1 Å². The van der Waals surface area contributed by atoms with Crippen LogP contribution in [0.2, 0.25) is 0 Å². The van der Waals surface area contributed by atoms with Crippen LogP contribution in [0.25, 0.3) is 0 Å². The van der Waals surface area contributed by atoms with Gasteiger partial charge in [0.1, 0.15) is 0 Å². The second kappa shape index (κ2) is 10.3. The molecule has 0 saturated carbocycles. The van der Waals surface area contributed by atoms with Gasteiger partial charge >= 0.3 is 12.6 Å². The summed E-state index contributed by atoms with van der Waals surface area (Å²) >= 11 is 0. The largest absolute Gasteiger partial charge is 0.493 e. The Bertz CT molecular complexity index is 768. The van der Waals surface area contributed by atoms with Crippen LogP contribution in [0.3, 0.4) is 0 Å². The second-order valence-corrected chi connectivity index (χ2v) is 6.29. The summed E-state index contributed by atoms with van der Waals surface area (Å²) in [7, 11) is 5.33. The molecule has 0 heterocycles. The molecule has 2 aromatic rings. The monoisotopic (exact) mass is 393 g/mol. The Morgan fingerprint density at radius 1 is 1.11 bits per heavy atom. The lowest BCUT2D eigenvalue weighted by atomic mass is 10.1. The quantitative estimate of drug-likeness (QED) is 0.629. The van der Waals surface area contributed by atoms with Gasteiger partial charge in [-0.2, -0.15) is 8.78 Å². The highest BCUT2D eigenvalue weighted by Gasteiger charge is 2.12. The minimum absolute atomic E-state index is 0.142. The third-order valence-corrected chi connectivity index (χ3v) is 4.02. The summed E-state index contributed by atoms with van der Waals surface area (Å²) in [4.78, 5) is 14.0. The smallest absolute Gasteiger partial charge is 0.387 e. The van der Waals surface area contributed by atoms with Crippen molar-refractivity contribution in [1.82, 2.24) is 5.32 Å². The van der Waals surface area contributed by atoms with Gasteiger partial charge in [0.2, 0.25) is 0 Å². The van der Waals surface area contributed by atoms with E-state index in [1.54, 1.807) is 6.07 Å². The van der Waals surface area contributed by atoms with E-state index in [1.807, 2.05) is 19.0 Å². The fourth-order valence-corrected chi connectivity index (χ4v) is 2.57. The molecule has 0 spiro atoms. The first-order chi connectivity index (χ1) is 13.4. The lowest BCUT2D eigenvalue weighted by molar-refractivity contribution is -0.0511. The van der Waals surface area contributed by atoms with Crippen molar-refractivity contribution in [2.75, 3.05) is 38.0 Å². The highest BCUT2D eigenvalue weighted by molar-refractivity contribution is 5.89. The van der Waals surface area contributed by atoms with Crippen LogP contribution >= 0.6 is 0 Å². The van der Waals surface area contributed by atoms with Crippen molar-refractivity contribution in [3.63, 3.8) is 0 Å². The van der Waals surface area contributed by atoms with Crippen molar-refractivity contribution in [3.8, 4) is 11.5 Å². The van der Waals surface area contributed by atoms with E-state index in [4.69, 9.17) is 4.74 Å². The summed E-state index contributed by atoms with van der Waals surface area (Å²) in [5, 5.41) is 5.33. The van der Waals surface area contributed by atoms with Gasteiger partial charge in [-0.15, -0.1) is 0 Å². The van der Waals surface area contributed by atoms with Crippen molar-refractivity contribution in [2.24, 2.45) is 0 Å². The molecule has 0 atom stereocenters. The van der Waals surface area contributed by atoms with E-state index in [0.29, 0.717) is 12.2 Å². The van der Waals surface area contributed by atoms with Gasteiger partial charge in [-0.3, -0.25) is 0 Å². The van der Waals surface area contributed by atoms with Gasteiger partial charge in [0.05, 0.1) is 7.11 Å². The van der Waals surface area contributed by atoms with E-state index < -0.39 is 12.6 Å². The maximum atomic E-state index is 12.5. The number of alkyl halides is 2. The van der Waals surface area contributed by atoms with Gasteiger partial charge in [-0.25, -0.2) is 4.79 Å². The van der Waals surface area contributed by atoms with Crippen LogP contribution < -0.4 is 25.0 Å². The van der Waals surface area contributed by atoms with Gasteiger partial charge in [-0.05, 0) is 42.7 Å². The van der Waals surface area contributed by atoms with Gasteiger partial charge in [0.15, 0.2) is 11.5 Å². The number of carbonyl (C=O) groups is 1. The molecule has 28 heavy (non-hydrogen) atoms. The second-order valence-electron chi connectivity index (χ2n) is 6.29. The molecule has 0 aliphatic carbocycles. The number of hydrogen-bond acceptors (Lipinski definition) is 4. The number of anilines is 2. The summed E-state index contributed by atoms with van der Waals surface area (Å²) in [5.74, 6) is 0.0167. The van der Waals surface area contributed by atoms with Crippen molar-refractivity contribution in [3.05, 3.63) is 48.0 Å². The lowest BCUT2D eigenvalue weighted by Crippen LogP contribution is -2.29. The number of rotatable bonds is 9. The summed E-state index contributed by atoms with van der Waals surface area (Å²) in [6, 6.07) is 12.1. The number of hydrogen-bond donors (Lipinski definition) is 2. The van der Waals surface area contributed by atoms with E-state index in [0.717, 1.165) is 18.5 Å². The Morgan fingerprint density at radius 3 is 2.43 bits per heavy atom. The molecule has 0 saturated heterocycles. The molecule has 8 heteroatoms. The molecule has 0 aliphatic rings. The van der Waals surface area contributed by atoms with Gasteiger partial charge in [-0.1, -0.05) is 12.1 Å². The number of urea groups is 1. The molecule has 2 N–H and O–H groups in total. The van der Waals surface area contributed by atoms with Crippen LogP contribution in [0.4, 0.5) is 25.0 Å². The fourth-order valence-electron chi connectivity index (χ4n) is 2.57. The van der Waals surface area contributed by atoms with E-state index >= 15 is 0 Å². The predicted molar refractivity (Wildman–Crippen MR) is 106 cm³/mol. The summed E-state index contributed by atoms with van der Waals surface area (Å²) in [5.41, 5.74) is 2.65. The number of carbonyl (C=O) groups excluding carboxylic acids is 1. The van der Waals surface area contributed by atoms with Gasteiger partial charge < -0.3 is 25.0 Å². The number of ether oxygens (including phenoxy) is 2. The lowest BCUT2D eigenvalue weighted by Gasteiger charge is -2.13. The molecular weight excluding hydrogens is 368 g/mol. The van der Waals surface area contributed by atoms with Crippen molar-refractivity contribution in [2.45, 2.75) is 19.5 Å². The zero-order valence-electron chi connectivity index (χ0n) is 16.2. The minimum Gasteiger partial charge on any atom is -0.493 e. The highest BCUT2D eigenvalue weighted by atomic mass is 19.3. The number of nitrogens with zero attached hydrogens (tertiary/aromatic N) is 1. The zero-order chi connectivity index (χ0) is 20.5. The average Bonchev–Trinajstić information content (AvgIpc) is 2.65. The molecule has 0 unspecified atom stereocenters. The molecule has 0 aromatic heterocycles. The highest BCUT2D eigenvalue weighted by Crippen LogP contribution is 2.31. The molecular formula is C20H25F2N3O3. The Labute approximate surface area is 163 Å². The molecule has 0 fully saturated rings. The molecule has 0 aliphatic heterocycles. The zero-order valence-corrected chi connectivity index (χ0v) is 16.2. The van der Waals surface area contributed by atoms with Crippen LogP contribution in [0.15, 0.2) is 42.5 Å². The number of aryl methyl sites for hydroxylation is 1. The molecule has 152 valence electrons. The number of methoxy groups -OCH3 is 1. The van der Waals surface area contributed by atoms with Crippen molar-refractivity contribution < 1.29 is 23.0 Å². The van der Waals surface area contributed by atoms with E-state index in [2.05, 4.69) is 39.6 Å². The third kappa shape index (κ3) is 6.61. The van der Waals surface area contributed by atoms with Crippen LogP contribution in [0, 0.1) is 0 Å². The van der Waals surface area contributed by atoms with Crippen LogP contribution in [0.1, 0.15) is 12.0 Å².